The van der Waals surface area contributed by atoms with E-state index in [2.05, 4.69) is 57.2 Å². The molecule has 0 aliphatic rings. The molecule has 0 amide bonds. The van der Waals surface area contributed by atoms with E-state index in [9.17, 15) is 0 Å². The summed E-state index contributed by atoms with van der Waals surface area (Å²) < 4.78 is 0.251. The summed E-state index contributed by atoms with van der Waals surface area (Å²) in [5, 5.41) is 0. The lowest BCUT2D eigenvalue weighted by Crippen LogP contribution is -2.36. The molecule has 0 saturated heterocycles. The van der Waals surface area contributed by atoms with Crippen LogP contribution in [-0.2, 0) is 0 Å². The SMILES string of the molecule is CCCCCC(C)(C)CC(C)(C)C(N)I. The minimum atomic E-state index is 0.246. The molecule has 0 bridgehead atoms. The summed E-state index contributed by atoms with van der Waals surface area (Å²) >= 11 is 2.35. The highest BCUT2D eigenvalue weighted by Crippen LogP contribution is 2.40. The summed E-state index contributed by atoms with van der Waals surface area (Å²) in [6, 6.07) is 0. The van der Waals surface area contributed by atoms with E-state index in [4.69, 9.17) is 5.73 Å². The Bertz CT molecular complexity index is 173. The van der Waals surface area contributed by atoms with Crippen molar-refractivity contribution in [3.05, 3.63) is 0 Å². The molecule has 2 N–H and O–H groups in total. The maximum atomic E-state index is 6.02. The Hall–Kier alpha value is 0.690. The van der Waals surface area contributed by atoms with E-state index in [1.165, 1.54) is 32.1 Å². The molecule has 0 heterocycles. The summed E-state index contributed by atoms with van der Waals surface area (Å²) in [7, 11) is 0. The summed E-state index contributed by atoms with van der Waals surface area (Å²) in [5.74, 6) is 0. The van der Waals surface area contributed by atoms with Gasteiger partial charge < -0.3 is 5.73 Å². The van der Waals surface area contributed by atoms with E-state index in [0.29, 0.717) is 5.41 Å². The van der Waals surface area contributed by atoms with Gasteiger partial charge in [-0.15, -0.1) is 0 Å². The lowest BCUT2D eigenvalue weighted by atomic mass is 9.72. The second-order valence-corrected chi connectivity index (χ2v) is 7.53. The van der Waals surface area contributed by atoms with Crippen LogP contribution in [0.25, 0.3) is 0 Å². The first-order valence-electron chi connectivity index (χ1n) is 6.11. The topological polar surface area (TPSA) is 26.0 Å². The van der Waals surface area contributed by atoms with Crippen LogP contribution < -0.4 is 5.73 Å². The number of halogens is 1. The average Bonchev–Trinajstić information content (AvgIpc) is 2.01. The van der Waals surface area contributed by atoms with Crippen LogP contribution in [0.5, 0.6) is 0 Å². The van der Waals surface area contributed by atoms with Crippen molar-refractivity contribution in [3.8, 4) is 0 Å². The molecule has 92 valence electrons. The molecule has 1 atom stereocenters. The van der Waals surface area contributed by atoms with Crippen LogP contribution in [0.2, 0.25) is 0 Å². The number of alkyl halides is 1. The van der Waals surface area contributed by atoms with Gasteiger partial charge in [0.05, 0.1) is 4.05 Å². The fourth-order valence-corrected chi connectivity index (χ4v) is 2.49. The van der Waals surface area contributed by atoms with Gasteiger partial charge in [0, 0.05) is 0 Å². The quantitative estimate of drug-likeness (QED) is 0.311. The first-order valence-corrected chi connectivity index (χ1v) is 7.35. The Kier molecular flexibility index (Phi) is 6.73. The van der Waals surface area contributed by atoms with Gasteiger partial charge in [-0.25, -0.2) is 0 Å². The first kappa shape index (κ1) is 15.7. The Morgan fingerprint density at radius 3 is 2.07 bits per heavy atom. The molecule has 0 radical (unpaired) electrons. The molecule has 0 aromatic rings. The van der Waals surface area contributed by atoms with E-state index in [-0.39, 0.29) is 9.46 Å². The first-order chi connectivity index (χ1) is 6.71. The Labute approximate surface area is 110 Å². The van der Waals surface area contributed by atoms with Crippen LogP contribution in [-0.4, -0.2) is 4.05 Å². The zero-order valence-corrected chi connectivity index (χ0v) is 13.2. The van der Waals surface area contributed by atoms with Crippen molar-refractivity contribution in [2.75, 3.05) is 0 Å². The summed E-state index contributed by atoms with van der Waals surface area (Å²) in [4.78, 5) is 0. The minimum absolute atomic E-state index is 0.246. The zero-order chi connectivity index (χ0) is 12.1. The zero-order valence-electron chi connectivity index (χ0n) is 11.1. The van der Waals surface area contributed by atoms with E-state index < -0.39 is 0 Å². The maximum Gasteiger partial charge on any atom is 0.0620 e. The van der Waals surface area contributed by atoms with Crippen molar-refractivity contribution in [3.63, 3.8) is 0 Å². The van der Waals surface area contributed by atoms with Crippen molar-refractivity contribution in [1.82, 2.24) is 0 Å². The molecule has 0 saturated carbocycles. The van der Waals surface area contributed by atoms with Crippen molar-refractivity contribution in [2.45, 2.75) is 70.8 Å². The van der Waals surface area contributed by atoms with E-state index >= 15 is 0 Å². The summed E-state index contributed by atoms with van der Waals surface area (Å²) in [6.07, 6.45) is 6.57. The largest absolute Gasteiger partial charge is 0.319 e. The molecule has 0 aromatic heterocycles. The van der Waals surface area contributed by atoms with Crippen LogP contribution in [0.4, 0.5) is 0 Å². The van der Waals surface area contributed by atoms with Crippen LogP contribution in [0.15, 0.2) is 0 Å². The highest BCUT2D eigenvalue weighted by Gasteiger charge is 2.31. The van der Waals surface area contributed by atoms with Crippen molar-refractivity contribution >= 4 is 22.6 Å². The maximum absolute atomic E-state index is 6.02. The summed E-state index contributed by atoms with van der Waals surface area (Å²) in [5.41, 5.74) is 6.70. The monoisotopic (exact) mass is 325 g/mol. The van der Waals surface area contributed by atoms with Crippen molar-refractivity contribution < 1.29 is 0 Å². The molecule has 0 fully saturated rings. The van der Waals surface area contributed by atoms with Crippen LogP contribution in [0, 0.1) is 10.8 Å². The Balaban J connectivity index is 4.12. The summed E-state index contributed by atoms with van der Waals surface area (Å²) in [6.45, 7) is 11.6. The second kappa shape index (κ2) is 6.43. The molecule has 1 nitrogen and oxygen atoms in total. The van der Waals surface area contributed by atoms with Gasteiger partial charge in [-0.1, -0.05) is 76.5 Å². The van der Waals surface area contributed by atoms with E-state index in [1.54, 1.807) is 0 Å². The molecule has 15 heavy (non-hydrogen) atoms. The van der Waals surface area contributed by atoms with Crippen LogP contribution in [0.3, 0.4) is 0 Å². The molecule has 1 unspecified atom stereocenters. The number of hydrogen-bond donors (Lipinski definition) is 1. The molecular weight excluding hydrogens is 297 g/mol. The van der Waals surface area contributed by atoms with Crippen molar-refractivity contribution in [2.24, 2.45) is 16.6 Å². The van der Waals surface area contributed by atoms with Gasteiger partial charge in [0.1, 0.15) is 0 Å². The number of unbranched alkanes of at least 4 members (excludes halogenated alkanes) is 2. The van der Waals surface area contributed by atoms with Gasteiger partial charge in [0.15, 0.2) is 0 Å². The number of rotatable bonds is 7. The van der Waals surface area contributed by atoms with Gasteiger partial charge in [-0.2, -0.15) is 0 Å². The molecule has 0 aromatic carbocycles. The standard InChI is InChI=1S/C13H28IN/c1-6-7-8-9-12(2,3)10-13(4,5)11(14)15/h11H,6-10,15H2,1-5H3. The predicted molar refractivity (Wildman–Crippen MR) is 78.3 cm³/mol. The molecular formula is C13H28IN. The predicted octanol–water partition coefficient (Wildman–Crippen LogP) is 4.73. The third kappa shape index (κ3) is 6.77. The normalized spacial score (nSPS) is 15.4. The average molecular weight is 325 g/mol. The number of hydrogen-bond acceptors (Lipinski definition) is 1. The fourth-order valence-electron chi connectivity index (χ4n) is 2.27. The van der Waals surface area contributed by atoms with E-state index in [0.717, 1.165) is 0 Å². The van der Waals surface area contributed by atoms with Gasteiger partial charge >= 0.3 is 0 Å². The smallest absolute Gasteiger partial charge is 0.0620 e. The van der Waals surface area contributed by atoms with Gasteiger partial charge in [0.2, 0.25) is 0 Å². The highest BCUT2D eigenvalue weighted by molar-refractivity contribution is 14.1. The Morgan fingerprint density at radius 1 is 1.13 bits per heavy atom. The lowest BCUT2D eigenvalue weighted by molar-refractivity contribution is 0.179. The molecule has 0 rings (SSSR count). The van der Waals surface area contributed by atoms with Crippen LogP contribution >= 0.6 is 22.6 Å². The minimum Gasteiger partial charge on any atom is -0.319 e. The second-order valence-electron chi connectivity index (χ2n) is 6.19. The lowest BCUT2D eigenvalue weighted by Gasteiger charge is -2.37. The van der Waals surface area contributed by atoms with Crippen molar-refractivity contribution in [1.29, 1.82) is 0 Å². The molecule has 2 heteroatoms. The Morgan fingerprint density at radius 2 is 1.67 bits per heavy atom. The molecule has 0 spiro atoms. The van der Waals surface area contributed by atoms with Gasteiger partial charge in [0.25, 0.3) is 0 Å². The third-order valence-corrected chi connectivity index (χ3v) is 4.82. The number of nitrogens with two attached hydrogens (primary N) is 1. The molecule has 0 aliphatic carbocycles. The fraction of sp³-hybridized carbons (Fsp3) is 1.00. The van der Waals surface area contributed by atoms with Gasteiger partial charge in [-0.05, 0) is 23.7 Å². The van der Waals surface area contributed by atoms with Gasteiger partial charge in [-0.3, -0.25) is 0 Å². The third-order valence-electron chi connectivity index (χ3n) is 3.14. The molecule has 0 aliphatic heterocycles. The van der Waals surface area contributed by atoms with Crippen LogP contribution in [0.1, 0.15) is 66.7 Å². The van der Waals surface area contributed by atoms with E-state index in [1.807, 2.05) is 0 Å². The highest BCUT2D eigenvalue weighted by atomic mass is 127.